The summed E-state index contributed by atoms with van der Waals surface area (Å²) in [5.41, 5.74) is -0.458. The molecular formula is C14H19BClFO7S2. The van der Waals surface area contributed by atoms with Crippen LogP contribution in [-0.4, -0.2) is 35.2 Å². The van der Waals surface area contributed by atoms with E-state index in [9.17, 15) is 20.7 Å². The van der Waals surface area contributed by atoms with Gasteiger partial charge in [-0.2, -0.15) is 8.42 Å². The molecule has 7 nitrogen and oxygen atoms in total. The van der Waals surface area contributed by atoms with Crippen LogP contribution in [0.4, 0.5) is 3.89 Å². The van der Waals surface area contributed by atoms with Gasteiger partial charge in [0, 0.05) is 10.7 Å². The van der Waals surface area contributed by atoms with Crippen LogP contribution in [0.1, 0.15) is 38.8 Å². The lowest BCUT2D eigenvalue weighted by atomic mass is 9.75. The van der Waals surface area contributed by atoms with E-state index in [1.807, 2.05) is 27.7 Å². The highest BCUT2D eigenvalue weighted by Gasteiger charge is 2.52. The topological polar surface area (TPSA) is 96.0 Å². The van der Waals surface area contributed by atoms with Gasteiger partial charge in [-0.05, 0) is 63.3 Å². The molecule has 2 rings (SSSR count). The first-order valence-electron chi connectivity index (χ1n) is 7.56. The third-order valence-electron chi connectivity index (χ3n) is 4.56. The van der Waals surface area contributed by atoms with E-state index >= 15 is 0 Å². The highest BCUT2D eigenvalue weighted by molar-refractivity contribution is 8.13. The molecule has 0 radical (unpaired) electrons. The maximum Gasteiger partial charge on any atom is 0.495 e. The maximum absolute atomic E-state index is 12.9. The maximum atomic E-state index is 12.9. The fraction of sp³-hybridized carbons (Fsp3) is 0.571. The fourth-order valence-electron chi connectivity index (χ4n) is 2.48. The Bertz CT molecular complexity index is 913. The largest absolute Gasteiger partial charge is 0.495 e. The molecule has 1 aromatic carbocycles. The zero-order valence-corrected chi connectivity index (χ0v) is 17.3. The molecule has 1 aliphatic rings. The summed E-state index contributed by atoms with van der Waals surface area (Å²) in [4.78, 5) is 0. The summed E-state index contributed by atoms with van der Waals surface area (Å²) >= 11 is 0. The molecule has 0 aromatic heterocycles. The average molecular weight is 429 g/mol. The van der Waals surface area contributed by atoms with Gasteiger partial charge >= 0.3 is 17.6 Å². The molecule has 0 saturated carbocycles. The minimum Gasteiger partial charge on any atom is -0.399 e. The van der Waals surface area contributed by atoms with Crippen LogP contribution in [0.3, 0.4) is 0 Å². The third-order valence-corrected chi connectivity index (χ3v) is 5.93. The van der Waals surface area contributed by atoms with E-state index in [1.54, 1.807) is 6.92 Å². The number of halogens is 2. The molecule has 0 bridgehead atoms. The van der Waals surface area contributed by atoms with Crippen LogP contribution in [0, 0.1) is 6.92 Å². The lowest BCUT2D eigenvalue weighted by Crippen LogP contribution is -2.41. The van der Waals surface area contributed by atoms with Crippen molar-refractivity contribution in [1.82, 2.24) is 0 Å². The molecule has 1 heterocycles. The van der Waals surface area contributed by atoms with E-state index in [4.69, 9.17) is 20.0 Å². The zero-order valence-electron chi connectivity index (χ0n) is 14.9. The summed E-state index contributed by atoms with van der Waals surface area (Å²) in [5.74, 6) is -1.01. The Morgan fingerprint density at radius 1 is 1.12 bits per heavy atom. The van der Waals surface area contributed by atoms with Crippen LogP contribution < -0.4 is 9.65 Å². The third kappa shape index (κ3) is 4.89. The molecule has 0 unspecified atom stereocenters. The second-order valence-electron chi connectivity index (χ2n) is 7.04. The van der Waals surface area contributed by atoms with Crippen LogP contribution in [0.15, 0.2) is 12.1 Å². The molecule has 146 valence electrons. The smallest absolute Gasteiger partial charge is 0.399 e. The van der Waals surface area contributed by atoms with Gasteiger partial charge in [0.15, 0.2) is 0 Å². The summed E-state index contributed by atoms with van der Waals surface area (Å²) in [6.45, 7) is 8.88. The molecule has 1 aliphatic heterocycles. The van der Waals surface area contributed by atoms with E-state index in [0.717, 1.165) is 6.07 Å². The number of benzene rings is 1. The van der Waals surface area contributed by atoms with Crippen molar-refractivity contribution in [2.24, 2.45) is 0 Å². The average Bonchev–Trinajstić information content (AvgIpc) is 2.58. The van der Waals surface area contributed by atoms with Crippen molar-refractivity contribution in [3.8, 4) is 5.75 Å². The number of rotatable bonds is 5. The summed E-state index contributed by atoms with van der Waals surface area (Å²) in [5, 5.41) is 0. The first kappa shape index (κ1) is 21.4. The summed E-state index contributed by atoms with van der Waals surface area (Å²) < 4.78 is 73.6. The van der Waals surface area contributed by atoms with Gasteiger partial charge in [-0.15, -0.1) is 0 Å². The second-order valence-corrected chi connectivity index (χ2v) is 10.8. The van der Waals surface area contributed by atoms with Crippen LogP contribution in [0.25, 0.3) is 0 Å². The Balaban J connectivity index is 2.57. The molecule has 0 atom stereocenters. The van der Waals surface area contributed by atoms with Crippen LogP contribution >= 0.6 is 10.7 Å². The van der Waals surface area contributed by atoms with Crippen molar-refractivity contribution in [3.63, 3.8) is 0 Å². The first-order chi connectivity index (χ1) is 11.5. The summed E-state index contributed by atoms with van der Waals surface area (Å²) in [6, 6.07) is 2.33. The van der Waals surface area contributed by atoms with Gasteiger partial charge in [-0.25, -0.2) is 8.42 Å². The second kappa shape index (κ2) is 6.63. The van der Waals surface area contributed by atoms with Crippen molar-refractivity contribution in [2.45, 2.75) is 51.6 Å². The SMILES string of the molecule is Cc1c(CS(=O)(=O)Cl)cc(OS(=O)(=O)F)cc1B1OC(C)(C)C(C)(C)O1. The highest BCUT2D eigenvalue weighted by atomic mass is 35.7. The molecule has 1 aromatic rings. The molecule has 26 heavy (non-hydrogen) atoms. The van der Waals surface area contributed by atoms with Crippen molar-refractivity contribution < 1.29 is 34.2 Å². The van der Waals surface area contributed by atoms with Crippen molar-refractivity contribution >= 4 is 42.8 Å². The Labute approximate surface area is 157 Å². The normalized spacial score (nSPS) is 19.6. The van der Waals surface area contributed by atoms with E-state index in [2.05, 4.69) is 4.18 Å². The van der Waals surface area contributed by atoms with E-state index in [-0.39, 0.29) is 5.56 Å². The van der Waals surface area contributed by atoms with Crippen molar-refractivity contribution in [3.05, 3.63) is 23.3 Å². The van der Waals surface area contributed by atoms with Crippen LogP contribution in [0.2, 0.25) is 0 Å². The lowest BCUT2D eigenvalue weighted by molar-refractivity contribution is 0.00578. The van der Waals surface area contributed by atoms with Crippen LogP contribution in [-0.2, 0) is 34.6 Å². The van der Waals surface area contributed by atoms with Gasteiger partial charge in [-0.1, -0.05) is 3.89 Å². The van der Waals surface area contributed by atoms with E-state index in [1.165, 1.54) is 6.07 Å². The molecule has 0 N–H and O–H groups in total. The molecule has 0 amide bonds. The number of hydrogen-bond acceptors (Lipinski definition) is 7. The molecule has 1 saturated heterocycles. The molecule has 1 fully saturated rings. The minimum absolute atomic E-state index is 0.144. The minimum atomic E-state index is -5.30. The molecule has 0 aliphatic carbocycles. The Morgan fingerprint density at radius 2 is 1.62 bits per heavy atom. The summed E-state index contributed by atoms with van der Waals surface area (Å²) in [6.07, 6.45) is 0. The van der Waals surface area contributed by atoms with E-state index < -0.39 is 49.4 Å². The molecular weight excluding hydrogens is 410 g/mol. The van der Waals surface area contributed by atoms with Gasteiger partial charge in [0.25, 0.3) is 0 Å². The van der Waals surface area contributed by atoms with Crippen molar-refractivity contribution in [2.75, 3.05) is 0 Å². The Kier molecular flexibility index (Phi) is 5.46. The zero-order chi connectivity index (χ0) is 20.1. The van der Waals surface area contributed by atoms with Crippen LogP contribution in [0.5, 0.6) is 5.75 Å². The van der Waals surface area contributed by atoms with Gasteiger partial charge in [-0.3, -0.25) is 0 Å². The predicted octanol–water partition coefficient (Wildman–Crippen LogP) is 1.96. The highest BCUT2D eigenvalue weighted by Crippen LogP contribution is 2.37. The van der Waals surface area contributed by atoms with Gasteiger partial charge < -0.3 is 13.5 Å². The Morgan fingerprint density at radius 3 is 2.04 bits per heavy atom. The fourth-order valence-corrected chi connectivity index (χ4v) is 3.83. The lowest BCUT2D eigenvalue weighted by Gasteiger charge is -2.32. The first-order valence-corrected chi connectivity index (χ1v) is 11.3. The van der Waals surface area contributed by atoms with Gasteiger partial charge in [0.05, 0.1) is 17.0 Å². The van der Waals surface area contributed by atoms with Gasteiger partial charge in [0.2, 0.25) is 9.05 Å². The monoisotopic (exact) mass is 428 g/mol. The Hall–Kier alpha value is -0.875. The van der Waals surface area contributed by atoms with E-state index in [0.29, 0.717) is 11.0 Å². The van der Waals surface area contributed by atoms with Gasteiger partial charge in [0.1, 0.15) is 5.75 Å². The predicted molar refractivity (Wildman–Crippen MR) is 96.0 cm³/mol. The quantitative estimate of drug-likeness (QED) is 0.522. The number of hydrogen-bond donors (Lipinski definition) is 0. The molecule has 12 heteroatoms. The molecule has 0 spiro atoms. The standard InChI is InChI=1S/C14H19BClFO7S2/c1-9-10(8-25(16,18)19)6-11(22-26(17,20)21)7-12(9)15-23-13(2,3)14(4,5)24-15/h6-7H,8H2,1-5H3. The van der Waals surface area contributed by atoms with Crippen molar-refractivity contribution in [1.29, 1.82) is 0 Å². The summed E-state index contributed by atoms with van der Waals surface area (Å²) in [7, 11) is -4.88.